The Morgan fingerprint density at radius 2 is 0.517 bits per heavy atom. The zero-order chi connectivity index (χ0) is 65.6. The number of phosphoric acid groups is 2. The highest BCUT2D eigenvalue weighted by Gasteiger charge is 2.30. The predicted octanol–water partition coefficient (Wildman–Crippen LogP) is 20.1. The van der Waals surface area contributed by atoms with Crippen LogP contribution >= 0.6 is 15.6 Å². The van der Waals surface area contributed by atoms with E-state index in [0.717, 1.165) is 95.8 Å². The third-order valence-electron chi connectivity index (χ3n) is 16.3. The number of hydrogen-bond donors (Lipinski definition) is 3. The van der Waals surface area contributed by atoms with Gasteiger partial charge in [-0.15, -0.1) is 0 Å². The Balaban J connectivity index is 5.20. The summed E-state index contributed by atoms with van der Waals surface area (Å²) in [7, 11) is -9.89. The number of aliphatic hydroxyl groups is 1. The van der Waals surface area contributed by atoms with E-state index in [1.54, 1.807) is 0 Å². The molecule has 0 aromatic carbocycles. The second-order valence-electron chi connectivity index (χ2n) is 25.7. The minimum atomic E-state index is -4.95. The van der Waals surface area contributed by atoms with Crippen molar-refractivity contribution in [3.63, 3.8) is 0 Å². The van der Waals surface area contributed by atoms with Crippen molar-refractivity contribution in [3.8, 4) is 0 Å². The Labute approximate surface area is 543 Å². The quantitative estimate of drug-likeness (QED) is 0.0222. The average molecular weight is 1310 g/mol. The van der Waals surface area contributed by atoms with Crippen molar-refractivity contribution in [2.75, 3.05) is 39.6 Å². The molecule has 528 valence electrons. The molecule has 0 rings (SSSR count). The van der Waals surface area contributed by atoms with Crippen molar-refractivity contribution in [1.29, 1.82) is 0 Å². The number of hydrogen-bond acceptors (Lipinski definition) is 15. The first-order chi connectivity index (χ1) is 43.0. The summed E-state index contributed by atoms with van der Waals surface area (Å²) in [5, 5.41) is 10.6. The number of rotatable bonds is 70. The van der Waals surface area contributed by atoms with E-state index in [-0.39, 0.29) is 25.7 Å². The van der Waals surface area contributed by atoms with Gasteiger partial charge in [0.2, 0.25) is 0 Å². The number of phosphoric ester groups is 2. The summed E-state index contributed by atoms with van der Waals surface area (Å²) < 4.78 is 68.2. The number of carbonyl (C=O) groups is 4. The molecule has 0 aromatic rings. The summed E-state index contributed by atoms with van der Waals surface area (Å²) >= 11 is 0. The van der Waals surface area contributed by atoms with Crippen molar-refractivity contribution in [3.05, 3.63) is 0 Å². The van der Waals surface area contributed by atoms with Gasteiger partial charge in [-0.25, -0.2) is 9.13 Å². The molecule has 17 nitrogen and oxygen atoms in total. The van der Waals surface area contributed by atoms with E-state index in [1.807, 2.05) is 0 Å². The second-order valence-corrected chi connectivity index (χ2v) is 28.7. The smallest absolute Gasteiger partial charge is 0.462 e. The molecule has 19 heteroatoms. The number of ether oxygens (including phenoxy) is 4. The fraction of sp³-hybridized carbons (Fsp3) is 0.943. The molecule has 0 aromatic heterocycles. The van der Waals surface area contributed by atoms with Gasteiger partial charge in [0.15, 0.2) is 12.2 Å². The van der Waals surface area contributed by atoms with E-state index in [9.17, 15) is 43.2 Å². The molecule has 0 heterocycles. The average Bonchev–Trinajstić information content (AvgIpc) is 3.57. The number of esters is 4. The highest BCUT2D eigenvalue weighted by molar-refractivity contribution is 7.47. The molecule has 89 heavy (non-hydrogen) atoms. The molecule has 0 aliphatic heterocycles. The van der Waals surface area contributed by atoms with Gasteiger partial charge in [-0.05, 0) is 31.6 Å². The molecule has 0 bridgehead atoms. The van der Waals surface area contributed by atoms with Crippen LogP contribution in [-0.2, 0) is 65.4 Å². The van der Waals surface area contributed by atoms with Gasteiger partial charge in [-0.1, -0.05) is 311 Å². The summed E-state index contributed by atoms with van der Waals surface area (Å²) in [4.78, 5) is 72.5. The molecule has 0 fully saturated rings. The Morgan fingerprint density at radius 3 is 0.764 bits per heavy atom. The highest BCUT2D eigenvalue weighted by Crippen LogP contribution is 2.45. The van der Waals surface area contributed by atoms with E-state index >= 15 is 0 Å². The zero-order valence-electron chi connectivity index (χ0n) is 57.6. The lowest BCUT2D eigenvalue weighted by Gasteiger charge is -2.21. The summed E-state index contributed by atoms with van der Waals surface area (Å²) in [6, 6.07) is 0. The number of unbranched alkanes of at least 4 members (excludes halogenated alkanes) is 42. The van der Waals surface area contributed by atoms with Crippen LogP contribution in [0.3, 0.4) is 0 Å². The van der Waals surface area contributed by atoms with Crippen LogP contribution < -0.4 is 0 Å². The van der Waals surface area contributed by atoms with Crippen LogP contribution in [0.2, 0.25) is 0 Å². The molecule has 0 radical (unpaired) electrons. The lowest BCUT2D eigenvalue weighted by atomic mass is 10.0. The van der Waals surface area contributed by atoms with E-state index in [2.05, 4.69) is 34.6 Å². The van der Waals surface area contributed by atoms with Gasteiger partial charge in [-0.2, -0.15) is 0 Å². The first kappa shape index (κ1) is 87.1. The van der Waals surface area contributed by atoms with Crippen molar-refractivity contribution < 1.29 is 80.2 Å². The van der Waals surface area contributed by atoms with Crippen LogP contribution in [0.15, 0.2) is 0 Å². The lowest BCUT2D eigenvalue weighted by molar-refractivity contribution is -0.161. The van der Waals surface area contributed by atoms with Crippen molar-refractivity contribution >= 4 is 39.5 Å². The first-order valence-corrected chi connectivity index (χ1v) is 39.6. The monoisotopic (exact) mass is 1310 g/mol. The van der Waals surface area contributed by atoms with Crippen LogP contribution in [0.5, 0.6) is 0 Å². The van der Waals surface area contributed by atoms with Crippen molar-refractivity contribution in [1.82, 2.24) is 0 Å². The van der Waals surface area contributed by atoms with Gasteiger partial charge in [0.25, 0.3) is 0 Å². The Kier molecular flexibility index (Phi) is 62.1. The molecule has 0 saturated carbocycles. The molecule has 0 aliphatic carbocycles. The van der Waals surface area contributed by atoms with Gasteiger partial charge in [0.1, 0.15) is 19.3 Å². The maximum Gasteiger partial charge on any atom is 0.472 e. The topological polar surface area (TPSA) is 237 Å². The zero-order valence-corrected chi connectivity index (χ0v) is 59.4. The summed E-state index contributed by atoms with van der Waals surface area (Å²) in [5.74, 6) is -1.40. The molecule has 0 saturated heterocycles. The largest absolute Gasteiger partial charge is 0.472 e. The van der Waals surface area contributed by atoms with Crippen LogP contribution in [0, 0.1) is 5.92 Å². The SMILES string of the molecule is CCCCCCCCCCCCCCCCCCCCC(=O)O[C@H](COC(=O)CCCCCCCCCCC(C)C)COP(=O)(O)OC[C@@H](O)COP(=O)(O)OC[C@@H](COC(=O)CCCCCCCCCCCC)OC(=O)CCCCCCCCCCCC. The minimum Gasteiger partial charge on any atom is -0.462 e. The van der Waals surface area contributed by atoms with Crippen LogP contribution in [0.25, 0.3) is 0 Å². The van der Waals surface area contributed by atoms with Gasteiger partial charge in [0, 0.05) is 25.7 Å². The van der Waals surface area contributed by atoms with Gasteiger partial charge in [0.05, 0.1) is 26.4 Å². The fourth-order valence-electron chi connectivity index (χ4n) is 10.6. The molecule has 3 N–H and O–H groups in total. The maximum absolute atomic E-state index is 13.0. The van der Waals surface area contributed by atoms with E-state index in [0.29, 0.717) is 25.7 Å². The number of carbonyl (C=O) groups excluding carboxylic acids is 4. The Bertz CT molecular complexity index is 1720. The summed E-state index contributed by atoms with van der Waals surface area (Å²) in [6.07, 6.45) is 50.0. The van der Waals surface area contributed by atoms with E-state index in [1.165, 1.54) is 186 Å². The molecular formula is C70H136O17P2. The highest BCUT2D eigenvalue weighted by atomic mass is 31.2. The molecule has 0 spiro atoms. The first-order valence-electron chi connectivity index (χ1n) is 36.6. The van der Waals surface area contributed by atoms with Gasteiger partial charge in [-0.3, -0.25) is 37.3 Å². The lowest BCUT2D eigenvalue weighted by Crippen LogP contribution is -2.30. The molecule has 0 amide bonds. The normalized spacial score (nSPS) is 14.1. The standard InChI is InChI=1S/C70H136O17P2/c1-6-9-12-15-18-21-24-25-26-27-28-29-30-31-34-41-46-51-56-70(75)87-66(60-81-68(73)54-49-44-39-36-35-37-42-47-52-63(4)5)62-85-89(78,79)83-58-64(71)57-82-88(76,77)84-61-65(86-69(74)55-50-45-40-33-23-20-17-14-11-8-3)59-80-67(72)53-48-43-38-32-22-19-16-13-10-7-2/h63-66,71H,6-62H2,1-5H3,(H,76,77)(H,78,79)/t64-,65+,66+/m0/s1. The predicted molar refractivity (Wildman–Crippen MR) is 358 cm³/mol. The van der Waals surface area contributed by atoms with Crippen LogP contribution in [-0.4, -0.2) is 96.7 Å². The number of aliphatic hydroxyl groups excluding tert-OH is 1. The van der Waals surface area contributed by atoms with Gasteiger partial charge >= 0.3 is 39.5 Å². The molecular weight excluding hydrogens is 1170 g/mol. The van der Waals surface area contributed by atoms with Crippen LogP contribution in [0.4, 0.5) is 0 Å². The summed E-state index contributed by atoms with van der Waals surface area (Å²) in [6.45, 7) is 7.20. The Hall–Kier alpha value is -1.94. The van der Waals surface area contributed by atoms with Crippen molar-refractivity contribution in [2.45, 2.75) is 380 Å². The molecule has 2 unspecified atom stereocenters. The third-order valence-corrected chi connectivity index (χ3v) is 18.2. The van der Waals surface area contributed by atoms with Crippen molar-refractivity contribution in [2.24, 2.45) is 5.92 Å². The Morgan fingerprint density at radius 1 is 0.303 bits per heavy atom. The summed E-state index contributed by atoms with van der Waals surface area (Å²) in [5.41, 5.74) is 0. The molecule has 0 aliphatic rings. The maximum atomic E-state index is 13.0. The third kappa shape index (κ3) is 64.6. The fourth-order valence-corrected chi connectivity index (χ4v) is 12.2. The van der Waals surface area contributed by atoms with Crippen LogP contribution in [0.1, 0.15) is 362 Å². The van der Waals surface area contributed by atoms with E-state index < -0.39 is 97.5 Å². The van der Waals surface area contributed by atoms with Gasteiger partial charge < -0.3 is 33.8 Å². The van der Waals surface area contributed by atoms with E-state index in [4.69, 9.17) is 37.0 Å². The molecule has 5 atom stereocenters. The minimum absolute atomic E-state index is 0.107. The second kappa shape index (κ2) is 63.5.